The normalized spacial score (nSPS) is 14.3. The molecule has 324 valence electrons. The number of imidazole rings is 1. The van der Waals surface area contributed by atoms with Crippen LogP contribution in [0.3, 0.4) is 0 Å². The van der Waals surface area contributed by atoms with Gasteiger partial charge in [0, 0.05) is 57.1 Å². The summed E-state index contributed by atoms with van der Waals surface area (Å²) in [5.74, 6) is -2.24. The smallest absolute Gasteiger partial charge is 0.338 e. The number of rotatable bonds is 19. The molecule has 4 heterocycles. The average molecular weight is 850 g/mol. The number of nitrogens with zero attached hydrogens (tertiary/aromatic N) is 8. The molecule has 4 aromatic rings. The van der Waals surface area contributed by atoms with Crippen LogP contribution in [-0.2, 0) is 29.1 Å². The molecule has 2 amide bonds. The van der Waals surface area contributed by atoms with Gasteiger partial charge in [0.05, 0.1) is 49.4 Å². The van der Waals surface area contributed by atoms with E-state index in [1.165, 1.54) is 18.7 Å². The van der Waals surface area contributed by atoms with Gasteiger partial charge < -0.3 is 23.7 Å². The summed E-state index contributed by atoms with van der Waals surface area (Å²) in [5.41, 5.74) is 1.90. The van der Waals surface area contributed by atoms with Crippen molar-refractivity contribution in [2.24, 2.45) is 0 Å². The Balaban J connectivity index is 1.49. The number of allylic oxidation sites excluding steroid dienone is 1. The van der Waals surface area contributed by atoms with Crippen molar-refractivity contribution in [3.8, 4) is 5.75 Å². The number of aryl methyl sites for hydroxylation is 4. The van der Waals surface area contributed by atoms with Crippen molar-refractivity contribution in [3.63, 3.8) is 0 Å². The van der Waals surface area contributed by atoms with Gasteiger partial charge in [0.2, 0.25) is 5.95 Å². The summed E-state index contributed by atoms with van der Waals surface area (Å²) >= 11 is 1.57. The van der Waals surface area contributed by atoms with E-state index in [-0.39, 0.29) is 59.8 Å². The Kier molecular flexibility index (Phi) is 16.0. The van der Waals surface area contributed by atoms with Gasteiger partial charge in [0.1, 0.15) is 17.0 Å². The van der Waals surface area contributed by atoms with Crippen molar-refractivity contribution in [3.05, 3.63) is 77.2 Å². The number of esters is 1. The monoisotopic (exact) mass is 849 g/mol. The van der Waals surface area contributed by atoms with Gasteiger partial charge in [-0.05, 0) is 65.5 Å². The van der Waals surface area contributed by atoms with E-state index in [0.717, 1.165) is 19.6 Å². The predicted molar refractivity (Wildman–Crippen MR) is 230 cm³/mol. The number of carbonyl (C=O) groups excluding carboxylic acids is 3. The lowest BCUT2D eigenvalue weighted by atomic mass is 10.2. The van der Waals surface area contributed by atoms with Crippen molar-refractivity contribution in [1.82, 2.24) is 44.2 Å². The number of benzene rings is 1. The van der Waals surface area contributed by atoms with Crippen molar-refractivity contribution in [1.29, 1.82) is 5.41 Å². The quantitative estimate of drug-likeness (QED) is 0.0382. The Morgan fingerprint density at radius 1 is 1.10 bits per heavy atom. The molecule has 1 aliphatic heterocycles. The maximum Gasteiger partial charge on any atom is 0.338 e. The zero-order chi connectivity index (χ0) is 43.5. The molecule has 0 spiro atoms. The highest BCUT2D eigenvalue weighted by molar-refractivity contribution is 7.99. The van der Waals surface area contributed by atoms with E-state index in [0.29, 0.717) is 61.0 Å². The number of halogens is 1. The summed E-state index contributed by atoms with van der Waals surface area (Å²) in [6.45, 7) is 18.1. The number of guanidine groups is 1. The number of amides is 2. The summed E-state index contributed by atoms with van der Waals surface area (Å²) in [4.78, 5) is 48.8. The van der Waals surface area contributed by atoms with Gasteiger partial charge in [-0.25, -0.2) is 14.2 Å². The van der Waals surface area contributed by atoms with E-state index >= 15 is 4.39 Å². The number of anilines is 1. The molecule has 3 aromatic heterocycles. The van der Waals surface area contributed by atoms with Crippen LogP contribution in [0.1, 0.15) is 69.9 Å². The fourth-order valence-corrected chi connectivity index (χ4v) is 7.75. The molecule has 0 bridgehead atoms. The van der Waals surface area contributed by atoms with Crippen LogP contribution in [0, 0.1) is 25.1 Å². The molecule has 2 unspecified atom stereocenters. The second-order valence-electron chi connectivity index (χ2n) is 14.1. The van der Waals surface area contributed by atoms with Crippen LogP contribution in [0.2, 0.25) is 0 Å². The van der Waals surface area contributed by atoms with Gasteiger partial charge in [-0.15, -0.1) is 6.58 Å². The van der Waals surface area contributed by atoms with E-state index in [1.807, 2.05) is 38.3 Å². The minimum Gasteiger partial charge on any atom is -0.491 e. The maximum atomic E-state index is 15.3. The van der Waals surface area contributed by atoms with Gasteiger partial charge in [-0.2, -0.15) is 22.0 Å². The van der Waals surface area contributed by atoms with E-state index in [2.05, 4.69) is 32.3 Å². The van der Waals surface area contributed by atoms with Crippen molar-refractivity contribution in [2.75, 3.05) is 64.7 Å². The largest absolute Gasteiger partial charge is 0.491 e. The Morgan fingerprint density at radius 2 is 1.83 bits per heavy atom. The molecular weight excluding hydrogens is 794 g/mol. The molecule has 19 heteroatoms. The molecule has 1 aromatic carbocycles. The zero-order valence-electron chi connectivity index (χ0n) is 35.4. The fraction of sp³-hybridized carbons (Fsp3) is 0.488. The lowest BCUT2D eigenvalue weighted by Gasteiger charge is -2.33. The first-order chi connectivity index (χ1) is 28.8. The third-order valence-corrected chi connectivity index (χ3v) is 11.3. The molecule has 2 atom stereocenters. The van der Waals surface area contributed by atoms with Crippen LogP contribution in [0.15, 0.2) is 43.0 Å². The maximum absolute atomic E-state index is 15.3. The van der Waals surface area contributed by atoms with Crippen molar-refractivity contribution < 1.29 is 33.0 Å². The topological polar surface area (TPSA) is 187 Å². The summed E-state index contributed by atoms with van der Waals surface area (Å²) in [6.07, 6.45) is 8.14. The van der Waals surface area contributed by atoms with Crippen LogP contribution in [0.25, 0.3) is 11.0 Å². The number of morpholine rings is 1. The highest BCUT2D eigenvalue weighted by atomic mass is 32.2. The number of nitrogens with one attached hydrogen (secondary N) is 3. The van der Waals surface area contributed by atoms with Gasteiger partial charge in [-0.3, -0.25) is 39.9 Å². The lowest BCUT2D eigenvalue weighted by Crippen LogP contribution is -2.50. The SMILES string of the molecule is C=CC(SC)C(C)N(C/C=C/Cn1c(NC(=O)c2c(F)c(C)nn2CC)nc2cc(C(=O)OC)cc(OCCCN3CCOCC3)c21)C(=N)NC(=O)c1cc(C)nn1CC. The number of thioether (sulfide) groups is 1. The van der Waals surface area contributed by atoms with Crippen LogP contribution in [0.4, 0.5) is 10.3 Å². The first-order valence-electron chi connectivity index (χ1n) is 20.0. The minimum absolute atomic E-state index is 0.0721. The molecule has 0 radical (unpaired) electrons. The predicted octanol–water partition coefficient (Wildman–Crippen LogP) is 4.89. The van der Waals surface area contributed by atoms with Gasteiger partial charge >= 0.3 is 5.97 Å². The molecule has 1 saturated heterocycles. The van der Waals surface area contributed by atoms with E-state index in [1.54, 1.807) is 58.0 Å². The van der Waals surface area contributed by atoms with Crippen LogP contribution in [0.5, 0.6) is 5.75 Å². The second-order valence-corrected chi connectivity index (χ2v) is 15.2. The molecule has 3 N–H and O–H groups in total. The van der Waals surface area contributed by atoms with Crippen molar-refractivity contribution >= 4 is 52.5 Å². The number of aromatic nitrogens is 6. The van der Waals surface area contributed by atoms with E-state index in [9.17, 15) is 14.4 Å². The summed E-state index contributed by atoms with van der Waals surface area (Å²) in [7, 11) is 1.28. The number of methoxy groups -OCH3 is 1. The molecule has 0 saturated carbocycles. The zero-order valence-corrected chi connectivity index (χ0v) is 36.2. The number of carbonyl (C=O) groups is 3. The summed E-state index contributed by atoms with van der Waals surface area (Å²) in [6, 6.07) is 4.56. The fourth-order valence-electron chi connectivity index (χ4n) is 7.02. The number of fused-ring (bicyclic) bond motifs is 1. The van der Waals surface area contributed by atoms with E-state index in [4.69, 9.17) is 24.6 Å². The highest BCUT2D eigenvalue weighted by Crippen LogP contribution is 2.32. The lowest BCUT2D eigenvalue weighted by molar-refractivity contribution is 0.0358. The highest BCUT2D eigenvalue weighted by Gasteiger charge is 2.27. The van der Waals surface area contributed by atoms with Gasteiger partial charge in [0.15, 0.2) is 17.5 Å². The molecular formula is C41H56FN11O6S. The Bertz CT molecular complexity index is 2210. The standard InChI is InChI=1S/C41H56FN11O6S/c1-9-33(60-8)28(6)50(40(43)45-37(54)31-23-26(4)47-52(31)10-2)16-12-13-17-51-35-30(44-41(51)46-38(55)36-34(42)27(5)48-53(36)11-3)24-29(39(56)57-7)25-32(35)59-20-14-15-49-18-21-58-22-19-49/h9,12-13,23-25,28,33H,1,10-11,14-22H2,2-8H3,(H2,43,45,54)(H,44,46,55)/b13-12+. The first kappa shape index (κ1) is 45.6. The third-order valence-electron chi connectivity index (χ3n) is 10.2. The third kappa shape index (κ3) is 10.6. The van der Waals surface area contributed by atoms with Crippen LogP contribution in [-0.4, -0.2) is 133 Å². The Labute approximate surface area is 353 Å². The summed E-state index contributed by atoms with van der Waals surface area (Å²) < 4.78 is 36.7. The Morgan fingerprint density at radius 3 is 2.50 bits per heavy atom. The van der Waals surface area contributed by atoms with Crippen LogP contribution >= 0.6 is 11.8 Å². The van der Waals surface area contributed by atoms with Crippen LogP contribution < -0.4 is 15.4 Å². The number of hydrogen-bond donors (Lipinski definition) is 3. The average Bonchev–Trinajstić information content (AvgIpc) is 3.90. The summed E-state index contributed by atoms with van der Waals surface area (Å²) in [5, 5.41) is 23.0. The molecule has 17 nitrogen and oxygen atoms in total. The van der Waals surface area contributed by atoms with Gasteiger partial charge in [0.25, 0.3) is 11.8 Å². The molecule has 1 fully saturated rings. The van der Waals surface area contributed by atoms with Gasteiger partial charge in [-0.1, -0.05) is 18.2 Å². The second kappa shape index (κ2) is 21.1. The molecule has 0 aliphatic carbocycles. The first-order valence-corrected chi connectivity index (χ1v) is 21.2. The molecule has 60 heavy (non-hydrogen) atoms. The molecule has 5 rings (SSSR count). The minimum atomic E-state index is -0.756. The molecule has 1 aliphatic rings. The number of ether oxygens (including phenoxy) is 3. The Hall–Kier alpha value is -5.53. The van der Waals surface area contributed by atoms with E-state index < -0.39 is 23.6 Å². The van der Waals surface area contributed by atoms with Crippen molar-refractivity contribution in [2.45, 2.75) is 72.0 Å². The number of hydrogen-bond acceptors (Lipinski definition) is 12.